The van der Waals surface area contributed by atoms with Crippen LogP contribution < -0.4 is 14.8 Å². The van der Waals surface area contributed by atoms with Crippen molar-refractivity contribution in [2.75, 3.05) is 39.9 Å². The van der Waals surface area contributed by atoms with E-state index in [2.05, 4.69) is 35.3 Å². The first-order valence-electron chi connectivity index (χ1n) is 8.55. The van der Waals surface area contributed by atoms with Crippen molar-refractivity contribution in [2.45, 2.75) is 39.2 Å². The topological polar surface area (TPSA) is 33.7 Å². The maximum Gasteiger partial charge on any atom is 0.161 e. The fraction of sp³-hybridized carbons (Fsp3) is 0.667. The highest BCUT2D eigenvalue weighted by molar-refractivity contribution is 5.85. The third-order valence-electron chi connectivity index (χ3n) is 4.30. The van der Waals surface area contributed by atoms with E-state index in [1.807, 2.05) is 6.92 Å². The van der Waals surface area contributed by atoms with Gasteiger partial charge in [-0.1, -0.05) is 25.8 Å². The van der Waals surface area contributed by atoms with Crippen LogP contribution in [0.1, 0.15) is 44.7 Å². The predicted octanol–water partition coefficient (Wildman–Crippen LogP) is 4.07. The summed E-state index contributed by atoms with van der Waals surface area (Å²) in [5.74, 6) is 1.68. The number of benzene rings is 1. The first kappa shape index (κ1) is 23.3. The molecule has 1 saturated heterocycles. The monoisotopic (exact) mass is 378 g/mol. The van der Waals surface area contributed by atoms with Gasteiger partial charge in [0.15, 0.2) is 11.5 Å². The zero-order valence-electron chi connectivity index (χ0n) is 15.0. The molecule has 0 amide bonds. The van der Waals surface area contributed by atoms with Crippen LogP contribution in [-0.2, 0) is 0 Å². The maximum atomic E-state index is 5.64. The summed E-state index contributed by atoms with van der Waals surface area (Å²) in [5.41, 5.74) is 1.34. The molecule has 1 N–H and O–H groups in total. The van der Waals surface area contributed by atoms with Crippen LogP contribution in [0.15, 0.2) is 18.2 Å². The molecule has 2 rings (SSSR count). The summed E-state index contributed by atoms with van der Waals surface area (Å²) in [5, 5.41) is 3.44. The highest BCUT2D eigenvalue weighted by Gasteiger charge is 2.22. The van der Waals surface area contributed by atoms with Gasteiger partial charge in [-0.05, 0) is 31.0 Å². The van der Waals surface area contributed by atoms with Gasteiger partial charge in [0.2, 0.25) is 0 Å². The van der Waals surface area contributed by atoms with Crippen molar-refractivity contribution >= 4 is 24.8 Å². The van der Waals surface area contributed by atoms with Gasteiger partial charge in [-0.3, -0.25) is 4.90 Å². The lowest BCUT2D eigenvalue weighted by molar-refractivity contribution is 0.163. The maximum absolute atomic E-state index is 5.64. The number of methoxy groups -OCH3 is 1. The lowest BCUT2D eigenvalue weighted by atomic mass is 9.98. The summed E-state index contributed by atoms with van der Waals surface area (Å²) in [7, 11) is 1.72. The van der Waals surface area contributed by atoms with E-state index >= 15 is 0 Å². The molecule has 1 fully saturated rings. The fourth-order valence-electron chi connectivity index (χ4n) is 3.12. The number of unbranched alkanes of at least 4 members (excludes halogenated alkanes) is 1. The van der Waals surface area contributed by atoms with E-state index in [0.29, 0.717) is 12.6 Å². The van der Waals surface area contributed by atoms with Gasteiger partial charge in [-0.25, -0.2) is 0 Å². The van der Waals surface area contributed by atoms with Crippen molar-refractivity contribution in [2.24, 2.45) is 0 Å². The Morgan fingerprint density at radius 3 is 2.42 bits per heavy atom. The Kier molecular flexibility index (Phi) is 12.3. The van der Waals surface area contributed by atoms with Crippen LogP contribution in [0.3, 0.4) is 0 Å². The molecular formula is C18H32Cl2N2O2. The molecule has 24 heavy (non-hydrogen) atoms. The minimum atomic E-state index is 0. The second-order valence-corrected chi connectivity index (χ2v) is 5.79. The highest BCUT2D eigenvalue weighted by atomic mass is 35.5. The third kappa shape index (κ3) is 6.32. The lowest BCUT2D eigenvalue weighted by Gasteiger charge is -2.35. The van der Waals surface area contributed by atoms with E-state index in [4.69, 9.17) is 9.47 Å². The van der Waals surface area contributed by atoms with Crippen LogP contribution in [0.25, 0.3) is 0 Å². The molecule has 1 heterocycles. The van der Waals surface area contributed by atoms with Crippen molar-refractivity contribution in [3.05, 3.63) is 23.8 Å². The van der Waals surface area contributed by atoms with Crippen molar-refractivity contribution in [1.82, 2.24) is 10.2 Å². The largest absolute Gasteiger partial charge is 0.493 e. The summed E-state index contributed by atoms with van der Waals surface area (Å²) < 4.78 is 11.2. The van der Waals surface area contributed by atoms with Gasteiger partial charge in [0.05, 0.1) is 13.7 Å². The predicted molar refractivity (Wildman–Crippen MR) is 105 cm³/mol. The average Bonchev–Trinajstić information content (AvgIpc) is 2.57. The SMILES string of the molecule is CCCC[C@@H](c1ccc(OCC)c(OC)c1)N1CCNCC1.Cl.Cl. The van der Waals surface area contributed by atoms with Gasteiger partial charge in [0.25, 0.3) is 0 Å². The number of nitrogens with zero attached hydrogens (tertiary/aromatic N) is 1. The molecule has 0 bridgehead atoms. The first-order valence-corrected chi connectivity index (χ1v) is 8.55. The molecule has 0 aromatic heterocycles. The van der Waals surface area contributed by atoms with E-state index < -0.39 is 0 Å². The van der Waals surface area contributed by atoms with Crippen molar-refractivity contribution in [3.8, 4) is 11.5 Å². The second-order valence-electron chi connectivity index (χ2n) is 5.79. The van der Waals surface area contributed by atoms with Crippen molar-refractivity contribution in [3.63, 3.8) is 0 Å². The molecule has 0 saturated carbocycles. The van der Waals surface area contributed by atoms with Gasteiger partial charge in [0, 0.05) is 32.2 Å². The minimum absolute atomic E-state index is 0. The van der Waals surface area contributed by atoms with Gasteiger partial charge >= 0.3 is 0 Å². The molecule has 0 aliphatic carbocycles. The van der Waals surface area contributed by atoms with Crippen LogP contribution in [0.5, 0.6) is 11.5 Å². The standard InChI is InChI=1S/C18H30N2O2.2ClH/c1-4-6-7-16(20-12-10-19-11-13-20)15-8-9-17(22-5-2)18(14-15)21-3;;/h8-9,14,16,19H,4-7,10-13H2,1-3H3;2*1H/t16-;;/m0../s1. The molecule has 4 nitrogen and oxygen atoms in total. The van der Waals surface area contributed by atoms with Crippen LogP contribution in [0.4, 0.5) is 0 Å². The van der Waals surface area contributed by atoms with E-state index in [1.165, 1.54) is 24.8 Å². The number of rotatable bonds is 8. The Morgan fingerprint density at radius 1 is 1.12 bits per heavy atom. The molecule has 0 radical (unpaired) electrons. The van der Waals surface area contributed by atoms with E-state index in [1.54, 1.807) is 7.11 Å². The summed E-state index contributed by atoms with van der Waals surface area (Å²) in [6.45, 7) is 9.31. The van der Waals surface area contributed by atoms with Crippen LogP contribution in [0.2, 0.25) is 0 Å². The van der Waals surface area contributed by atoms with Crippen LogP contribution >= 0.6 is 24.8 Å². The zero-order chi connectivity index (χ0) is 15.8. The quantitative estimate of drug-likeness (QED) is 0.738. The number of halogens is 2. The smallest absolute Gasteiger partial charge is 0.161 e. The molecule has 1 aliphatic rings. The molecule has 1 aliphatic heterocycles. The van der Waals surface area contributed by atoms with Gasteiger partial charge < -0.3 is 14.8 Å². The van der Waals surface area contributed by atoms with Crippen LogP contribution in [0, 0.1) is 0 Å². The number of nitrogens with one attached hydrogen (secondary N) is 1. The molecule has 6 heteroatoms. The Hall–Kier alpha value is -0.680. The number of hydrogen-bond donors (Lipinski definition) is 1. The second kappa shape index (κ2) is 12.6. The highest BCUT2D eigenvalue weighted by Crippen LogP contribution is 2.34. The summed E-state index contributed by atoms with van der Waals surface area (Å²) in [6, 6.07) is 6.90. The number of ether oxygens (including phenoxy) is 2. The first-order chi connectivity index (χ1) is 10.8. The summed E-state index contributed by atoms with van der Waals surface area (Å²) >= 11 is 0. The van der Waals surface area contributed by atoms with E-state index in [9.17, 15) is 0 Å². The van der Waals surface area contributed by atoms with E-state index in [0.717, 1.165) is 37.7 Å². The molecule has 1 atom stereocenters. The van der Waals surface area contributed by atoms with Crippen molar-refractivity contribution in [1.29, 1.82) is 0 Å². The Bertz CT molecular complexity index is 455. The van der Waals surface area contributed by atoms with Gasteiger partial charge in [0.1, 0.15) is 0 Å². The summed E-state index contributed by atoms with van der Waals surface area (Å²) in [4.78, 5) is 2.60. The average molecular weight is 379 g/mol. The lowest BCUT2D eigenvalue weighted by Crippen LogP contribution is -2.45. The normalized spacial score (nSPS) is 15.8. The van der Waals surface area contributed by atoms with Gasteiger partial charge in [-0.15, -0.1) is 24.8 Å². The number of piperazine rings is 1. The minimum Gasteiger partial charge on any atom is -0.493 e. The molecule has 1 aromatic carbocycles. The Balaban J connectivity index is 0.00000264. The van der Waals surface area contributed by atoms with Crippen molar-refractivity contribution < 1.29 is 9.47 Å². The summed E-state index contributed by atoms with van der Waals surface area (Å²) in [6.07, 6.45) is 3.69. The Morgan fingerprint density at radius 2 is 1.83 bits per heavy atom. The van der Waals surface area contributed by atoms with Gasteiger partial charge in [-0.2, -0.15) is 0 Å². The fourth-order valence-corrected chi connectivity index (χ4v) is 3.12. The molecule has 0 spiro atoms. The van der Waals surface area contributed by atoms with E-state index in [-0.39, 0.29) is 24.8 Å². The molecule has 0 unspecified atom stereocenters. The molecule has 1 aromatic rings. The molecular weight excluding hydrogens is 347 g/mol. The zero-order valence-corrected chi connectivity index (χ0v) is 16.7. The van der Waals surface area contributed by atoms with Crippen LogP contribution in [-0.4, -0.2) is 44.8 Å². The third-order valence-corrected chi connectivity index (χ3v) is 4.30. The number of hydrogen-bond acceptors (Lipinski definition) is 4. The molecule has 140 valence electrons. The Labute approximate surface area is 159 Å².